The van der Waals surface area contributed by atoms with Gasteiger partial charge in [0.25, 0.3) is 5.56 Å². The summed E-state index contributed by atoms with van der Waals surface area (Å²) in [6, 6.07) is 9.03. The Kier molecular flexibility index (Phi) is 4.28. The molecule has 0 aliphatic rings. The van der Waals surface area contributed by atoms with E-state index in [0.29, 0.717) is 28.1 Å². The lowest BCUT2D eigenvalue weighted by Crippen LogP contribution is -2.23. The highest BCUT2D eigenvalue weighted by molar-refractivity contribution is 7.71. The molecule has 1 aromatic heterocycles. The van der Waals surface area contributed by atoms with Crippen molar-refractivity contribution in [2.24, 2.45) is 0 Å². The number of H-pyrrole nitrogens is 1. The van der Waals surface area contributed by atoms with E-state index in [1.807, 2.05) is 0 Å². The van der Waals surface area contributed by atoms with Gasteiger partial charge in [-0.25, -0.2) is 0 Å². The van der Waals surface area contributed by atoms with Crippen LogP contribution in [0.25, 0.3) is 16.6 Å². The van der Waals surface area contributed by atoms with Gasteiger partial charge in [0, 0.05) is 6.07 Å². The molecule has 2 aromatic carbocycles. The number of hydrogen-bond donors (Lipinski definition) is 1. The van der Waals surface area contributed by atoms with Gasteiger partial charge in [-0.05, 0) is 42.0 Å². The van der Waals surface area contributed by atoms with E-state index in [4.69, 9.17) is 21.7 Å². The molecule has 128 valence electrons. The summed E-state index contributed by atoms with van der Waals surface area (Å²) in [6.07, 6.45) is 0. The van der Waals surface area contributed by atoms with E-state index in [2.05, 4.69) is 4.98 Å². The molecule has 0 saturated carbocycles. The van der Waals surface area contributed by atoms with Crippen LogP contribution in [0.4, 0.5) is 0 Å². The number of aromatic nitrogens is 2. The average Bonchev–Trinajstić information content (AvgIpc) is 2.60. The highest BCUT2D eigenvalue weighted by Crippen LogP contribution is 2.28. The van der Waals surface area contributed by atoms with Crippen molar-refractivity contribution < 1.29 is 19.4 Å². The minimum atomic E-state index is -1.33. The van der Waals surface area contributed by atoms with Gasteiger partial charge in [-0.1, -0.05) is 6.07 Å². The Morgan fingerprint density at radius 3 is 2.48 bits per heavy atom. The molecule has 0 aliphatic heterocycles. The predicted octanol–water partition coefficient (Wildman–Crippen LogP) is 1.43. The highest BCUT2D eigenvalue weighted by atomic mass is 32.1. The van der Waals surface area contributed by atoms with Gasteiger partial charge in [-0.15, -0.1) is 0 Å². The zero-order valence-electron chi connectivity index (χ0n) is 13.4. The fourth-order valence-electron chi connectivity index (χ4n) is 2.54. The van der Waals surface area contributed by atoms with Crippen molar-refractivity contribution in [2.75, 3.05) is 14.2 Å². The molecule has 0 saturated heterocycles. The summed E-state index contributed by atoms with van der Waals surface area (Å²) in [5, 5.41) is 11.3. The third-order valence-electron chi connectivity index (χ3n) is 3.76. The summed E-state index contributed by atoms with van der Waals surface area (Å²) in [5.74, 6) is -0.354. The molecule has 0 atom stereocenters. The van der Waals surface area contributed by atoms with Gasteiger partial charge in [0.2, 0.25) is 0 Å². The van der Waals surface area contributed by atoms with Crippen molar-refractivity contribution in [3.63, 3.8) is 0 Å². The number of benzene rings is 2. The maximum Gasteiger partial charge on any atom is 0.266 e. The van der Waals surface area contributed by atoms with E-state index in [1.54, 1.807) is 18.2 Å². The average molecular weight is 357 g/mol. The van der Waals surface area contributed by atoms with Gasteiger partial charge in [0.15, 0.2) is 16.3 Å². The molecule has 0 fully saturated rings. The Balaban J connectivity index is 2.27. The number of hydrogen-bond acceptors (Lipinski definition) is 6. The van der Waals surface area contributed by atoms with Crippen LogP contribution in [0.5, 0.6) is 11.5 Å². The van der Waals surface area contributed by atoms with Gasteiger partial charge < -0.3 is 24.4 Å². The molecule has 8 heteroatoms. The van der Waals surface area contributed by atoms with Crippen molar-refractivity contribution in [3.8, 4) is 17.2 Å². The van der Waals surface area contributed by atoms with Crippen LogP contribution >= 0.6 is 12.2 Å². The molecular weight excluding hydrogens is 344 g/mol. The Hall–Kier alpha value is -3.13. The first-order chi connectivity index (χ1) is 12.0. The number of aromatic carboxylic acids is 1. The molecule has 3 rings (SSSR count). The van der Waals surface area contributed by atoms with E-state index in [0.717, 1.165) is 0 Å². The maximum absolute atomic E-state index is 12.8. The van der Waals surface area contributed by atoms with Crippen molar-refractivity contribution >= 4 is 29.1 Å². The summed E-state index contributed by atoms with van der Waals surface area (Å²) in [5.41, 5.74) is 0.403. The van der Waals surface area contributed by atoms with Crippen LogP contribution in [0.1, 0.15) is 10.4 Å². The number of carboxylic acids is 1. The van der Waals surface area contributed by atoms with Crippen LogP contribution in [-0.4, -0.2) is 29.7 Å². The normalized spacial score (nSPS) is 10.6. The Bertz CT molecular complexity index is 1100. The zero-order valence-corrected chi connectivity index (χ0v) is 14.2. The fourth-order valence-corrected chi connectivity index (χ4v) is 2.84. The van der Waals surface area contributed by atoms with Crippen molar-refractivity contribution in [1.29, 1.82) is 0 Å². The van der Waals surface area contributed by atoms with Gasteiger partial charge in [0.1, 0.15) is 0 Å². The molecule has 0 amide bonds. The highest BCUT2D eigenvalue weighted by Gasteiger charge is 2.11. The standard InChI is InChI=1S/C17H14N2O5S/c1-23-13-6-4-10(8-14(13)24-2)19-15(20)11-5-3-9(16(21)22)7-12(11)18-17(19)25/h3-8H,1-2H3,(H,18,25)(H,21,22)/p-1. The molecule has 0 radical (unpaired) electrons. The van der Waals surface area contributed by atoms with Crippen molar-refractivity contribution in [1.82, 2.24) is 9.55 Å². The summed E-state index contributed by atoms with van der Waals surface area (Å²) in [7, 11) is 3.01. The number of fused-ring (bicyclic) bond motifs is 1. The summed E-state index contributed by atoms with van der Waals surface area (Å²) in [6.45, 7) is 0. The monoisotopic (exact) mass is 357 g/mol. The van der Waals surface area contributed by atoms with Crippen LogP contribution in [0.2, 0.25) is 0 Å². The first-order valence-electron chi connectivity index (χ1n) is 7.19. The topological polar surface area (TPSA) is 96.4 Å². The largest absolute Gasteiger partial charge is 0.545 e. The molecule has 25 heavy (non-hydrogen) atoms. The van der Waals surface area contributed by atoms with Crippen LogP contribution in [0.15, 0.2) is 41.2 Å². The molecule has 0 spiro atoms. The number of nitrogens with one attached hydrogen (secondary N) is 1. The van der Waals surface area contributed by atoms with Crippen LogP contribution in [0.3, 0.4) is 0 Å². The number of carboxylic acid groups (broad SMARTS) is 1. The van der Waals surface area contributed by atoms with E-state index in [1.165, 1.54) is 37.0 Å². The number of methoxy groups -OCH3 is 2. The molecule has 0 bridgehead atoms. The Labute approximate surface area is 147 Å². The van der Waals surface area contributed by atoms with Crippen LogP contribution in [0, 0.1) is 4.77 Å². The lowest BCUT2D eigenvalue weighted by atomic mass is 10.1. The molecule has 7 nitrogen and oxygen atoms in total. The van der Waals surface area contributed by atoms with Crippen molar-refractivity contribution in [3.05, 3.63) is 57.1 Å². The fraction of sp³-hybridized carbons (Fsp3) is 0.118. The number of carbonyl (C=O) groups excluding carboxylic acids is 1. The zero-order chi connectivity index (χ0) is 18.1. The maximum atomic E-state index is 12.8. The molecular formula is C17H13N2O5S-. The molecule has 1 heterocycles. The Morgan fingerprint density at radius 2 is 1.84 bits per heavy atom. The third kappa shape index (κ3) is 2.87. The lowest BCUT2D eigenvalue weighted by molar-refractivity contribution is -0.255. The smallest absolute Gasteiger partial charge is 0.266 e. The third-order valence-corrected chi connectivity index (χ3v) is 4.04. The van der Waals surface area contributed by atoms with Gasteiger partial charge in [-0.3, -0.25) is 9.36 Å². The quantitative estimate of drug-likeness (QED) is 0.710. The second-order valence-electron chi connectivity index (χ2n) is 5.16. The SMILES string of the molecule is COc1ccc(-n2c(=S)[nH]c3cc(C(=O)[O-])ccc3c2=O)cc1OC. The first kappa shape index (κ1) is 16.7. The van der Waals surface area contributed by atoms with E-state index >= 15 is 0 Å². The van der Waals surface area contributed by atoms with E-state index in [9.17, 15) is 14.7 Å². The second-order valence-corrected chi connectivity index (χ2v) is 5.54. The van der Waals surface area contributed by atoms with Gasteiger partial charge in [-0.2, -0.15) is 0 Å². The van der Waals surface area contributed by atoms with Crippen molar-refractivity contribution in [2.45, 2.75) is 0 Å². The number of nitrogens with zero attached hydrogens (tertiary/aromatic N) is 1. The molecule has 3 aromatic rings. The predicted molar refractivity (Wildman–Crippen MR) is 92.2 cm³/mol. The first-order valence-corrected chi connectivity index (χ1v) is 7.60. The molecule has 0 unspecified atom stereocenters. The summed E-state index contributed by atoms with van der Waals surface area (Å²) in [4.78, 5) is 26.7. The number of aromatic amines is 1. The van der Waals surface area contributed by atoms with E-state index in [-0.39, 0.29) is 15.9 Å². The lowest BCUT2D eigenvalue weighted by Gasteiger charge is -2.12. The number of carbonyl (C=O) groups is 1. The Morgan fingerprint density at radius 1 is 1.12 bits per heavy atom. The summed E-state index contributed by atoms with van der Waals surface area (Å²) < 4.78 is 11.9. The minimum absolute atomic E-state index is 0.0404. The van der Waals surface area contributed by atoms with Crippen LogP contribution in [-0.2, 0) is 0 Å². The van der Waals surface area contributed by atoms with Crippen LogP contribution < -0.4 is 20.1 Å². The van der Waals surface area contributed by atoms with E-state index < -0.39 is 5.97 Å². The molecule has 1 N–H and O–H groups in total. The summed E-state index contributed by atoms with van der Waals surface area (Å²) >= 11 is 5.27. The number of rotatable bonds is 4. The number of ether oxygens (including phenoxy) is 2. The minimum Gasteiger partial charge on any atom is -0.545 e. The van der Waals surface area contributed by atoms with Gasteiger partial charge >= 0.3 is 0 Å². The molecule has 0 aliphatic carbocycles. The second kappa shape index (κ2) is 6.40. The van der Waals surface area contributed by atoms with Gasteiger partial charge in [0.05, 0.1) is 36.8 Å².